The van der Waals surface area contributed by atoms with Crippen LogP contribution < -0.4 is 31.1 Å². The van der Waals surface area contributed by atoms with Crippen LogP contribution >= 0.6 is 0 Å². The highest BCUT2D eigenvalue weighted by molar-refractivity contribution is 7.00. The maximum Gasteiger partial charge on any atom is 0.252 e. The van der Waals surface area contributed by atoms with Crippen molar-refractivity contribution in [1.29, 1.82) is 0 Å². The van der Waals surface area contributed by atoms with E-state index in [-0.39, 0.29) is 6.71 Å². The summed E-state index contributed by atoms with van der Waals surface area (Å²) in [7, 11) is 0. The Hall–Kier alpha value is -5.22. The third-order valence-corrected chi connectivity index (χ3v) is 10.6. The van der Waals surface area contributed by atoms with E-state index in [0.717, 1.165) is 17.1 Å². The highest BCUT2D eigenvalue weighted by atomic mass is 15.2. The molecule has 0 saturated heterocycles. The van der Waals surface area contributed by atoms with Crippen molar-refractivity contribution >= 4 is 68.6 Å². The minimum absolute atomic E-state index is 0.187. The molecule has 1 saturated carbocycles. The van der Waals surface area contributed by atoms with Crippen LogP contribution in [0.2, 0.25) is 0 Å². The van der Waals surface area contributed by atoms with Crippen LogP contribution in [-0.2, 0) is 0 Å². The number of fused-ring (bicyclic) bond motifs is 7. The fraction of sp³-hybridized carbons (Fsp3) is 0.122. The average Bonchev–Trinajstić information content (AvgIpc) is 3.70. The van der Waals surface area contributed by atoms with E-state index in [1.807, 2.05) is 0 Å². The van der Waals surface area contributed by atoms with Crippen LogP contribution in [0.4, 0.5) is 45.5 Å². The number of anilines is 8. The molecule has 2 unspecified atom stereocenters. The molecular weight excluding hydrogens is 545 g/mol. The first-order valence-corrected chi connectivity index (χ1v) is 16.3. The van der Waals surface area contributed by atoms with Crippen molar-refractivity contribution in [1.82, 2.24) is 0 Å². The van der Waals surface area contributed by atoms with Crippen molar-refractivity contribution in [3.63, 3.8) is 0 Å². The zero-order valence-electron chi connectivity index (χ0n) is 25.1. The molecule has 4 aliphatic rings. The van der Waals surface area contributed by atoms with Crippen molar-refractivity contribution in [2.24, 2.45) is 0 Å². The Bertz CT molecular complexity index is 2040. The Balaban J connectivity index is 1.25. The summed E-state index contributed by atoms with van der Waals surface area (Å²) in [6.07, 6.45) is 3.88. The normalized spacial score (nSPS) is 18.3. The van der Waals surface area contributed by atoms with Crippen LogP contribution in [0.3, 0.4) is 0 Å². The highest BCUT2D eigenvalue weighted by Crippen LogP contribution is 2.54. The van der Waals surface area contributed by atoms with Crippen LogP contribution in [0.25, 0.3) is 0 Å². The summed E-state index contributed by atoms with van der Waals surface area (Å²) in [6.45, 7) is 0.187. The molecule has 6 aromatic carbocycles. The summed E-state index contributed by atoms with van der Waals surface area (Å²) < 4.78 is 0. The van der Waals surface area contributed by atoms with Crippen LogP contribution in [0.5, 0.6) is 0 Å². The Morgan fingerprint density at radius 2 is 1.24 bits per heavy atom. The van der Waals surface area contributed by atoms with E-state index in [9.17, 15) is 0 Å². The Labute approximate surface area is 265 Å². The van der Waals surface area contributed by atoms with Crippen LogP contribution in [0.1, 0.15) is 30.7 Å². The van der Waals surface area contributed by atoms with E-state index in [1.54, 1.807) is 5.56 Å². The highest BCUT2D eigenvalue weighted by Gasteiger charge is 2.50. The van der Waals surface area contributed by atoms with Gasteiger partial charge in [0, 0.05) is 57.5 Å². The van der Waals surface area contributed by atoms with E-state index in [4.69, 9.17) is 0 Å². The van der Waals surface area contributed by atoms with Gasteiger partial charge in [-0.1, -0.05) is 91.3 Å². The zero-order valence-corrected chi connectivity index (χ0v) is 25.1. The predicted molar refractivity (Wildman–Crippen MR) is 189 cm³/mol. The standard InChI is InChI=1S/C41H32BN3/c1-4-13-28(14-5-1)43(29-15-6-2-7-16-29)31-25-26-34-39(27-31)44(30-17-8-3-9-18-30)37-23-12-24-38-40(37)42(34)35-21-10-20-33-32-19-11-22-36(32)45(38)41(33)35/h1-10,12-18,20-21,23-27,32,36H,11,19,22H2. The maximum absolute atomic E-state index is 2.74. The number of para-hydroxylation sites is 4. The molecule has 45 heavy (non-hydrogen) atoms. The third kappa shape index (κ3) is 3.54. The summed E-state index contributed by atoms with van der Waals surface area (Å²) in [5.41, 5.74) is 15.9. The number of hydrogen-bond acceptors (Lipinski definition) is 3. The van der Waals surface area contributed by atoms with Gasteiger partial charge in [-0.3, -0.25) is 0 Å². The Morgan fingerprint density at radius 1 is 0.556 bits per heavy atom. The lowest BCUT2D eigenvalue weighted by molar-refractivity contribution is 0.642. The van der Waals surface area contributed by atoms with Gasteiger partial charge >= 0.3 is 0 Å². The van der Waals surface area contributed by atoms with Crippen molar-refractivity contribution in [3.05, 3.63) is 151 Å². The first-order chi connectivity index (χ1) is 22.4. The van der Waals surface area contributed by atoms with Crippen LogP contribution in [0, 0.1) is 0 Å². The largest absolute Gasteiger partial charge is 0.338 e. The summed E-state index contributed by atoms with van der Waals surface area (Å²) in [5, 5.41) is 0. The Morgan fingerprint density at radius 3 is 2.00 bits per heavy atom. The van der Waals surface area contributed by atoms with Gasteiger partial charge in [-0.2, -0.15) is 0 Å². The summed E-state index contributed by atoms with van der Waals surface area (Å²) in [5.74, 6) is 0.633. The lowest BCUT2D eigenvalue weighted by Crippen LogP contribution is -2.62. The fourth-order valence-electron chi connectivity index (χ4n) is 8.88. The van der Waals surface area contributed by atoms with E-state index < -0.39 is 0 Å². The van der Waals surface area contributed by atoms with E-state index in [0.29, 0.717) is 12.0 Å². The van der Waals surface area contributed by atoms with Crippen molar-refractivity contribution < 1.29 is 0 Å². The number of benzene rings is 6. The summed E-state index contributed by atoms with van der Waals surface area (Å²) in [6, 6.07) is 54.3. The molecule has 0 amide bonds. The first-order valence-electron chi connectivity index (χ1n) is 16.3. The fourth-order valence-corrected chi connectivity index (χ4v) is 8.88. The second-order valence-corrected chi connectivity index (χ2v) is 12.8. The minimum atomic E-state index is 0.187. The molecule has 0 N–H and O–H groups in total. The number of hydrogen-bond donors (Lipinski definition) is 0. The molecule has 3 nitrogen and oxygen atoms in total. The van der Waals surface area contributed by atoms with Crippen LogP contribution in [-0.4, -0.2) is 12.8 Å². The zero-order chi connectivity index (χ0) is 29.5. The van der Waals surface area contributed by atoms with Crippen molar-refractivity contribution in [3.8, 4) is 0 Å². The molecule has 6 aromatic rings. The predicted octanol–water partition coefficient (Wildman–Crippen LogP) is 8.56. The molecule has 1 aliphatic carbocycles. The molecule has 4 heteroatoms. The van der Waals surface area contributed by atoms with Crippen molar-refractivity contribution in [2.75, 3.05) is 14.7 Å². The molecule has 0 bridgehead atoms. The van der Waals surface area contributed by atoms with Crippen LogP contribution in [0.15, 0.2) is 146 Å². The molecule has 1 fully saturated rings. The number of nitrogens with zero attached hydrogens (tertiary/aromatic N) is 3. The van der Waals surface area contributed by atoms with E-state index in [2.05, 4.69) is 160 Å². The lowest BCUT2D eigenvalue weighted by atomic mass is 9.33. The van der Waals surface area contributed by atoms with Gasteiger partial charge in [-0.15, -0.1) is 0 Å². The monoisotopic (exact) mass is 577 g/mol. The van der Waals surface area contributed by atoms with E-state index in [1.165, 1.54) is 64.1 Å². The molecular formula is C41H32BN3. The summed E-state index contributed by atoms with van der Waals surface area (Å²) >= 11 is 0. The van der Waals surface area contributed by atoms with Gasteiger partial charge in [-0.25, -0.2) is 0 Å². The van der Waals surface area contributed by atoms with Gasteiger partial charge in [0.15, 0.2) is 0 Å². The average molecular weight is 578 g/mol. The molecule has 2 atom stereocenters. The minimum Gasteiger partial charge on any atom is -0.338 e. The number of rotatable bonds is 4. The summed E-state index contributed by atoms with van der Waals surface area (Å²) in [4.78, 5) is 7.63. The van der Waals surface area contributed by atoms with E-state index >= 15 is 0 Å². The third-order valence-electron chi connectivity index (χ3n) is 10.6. The lowest BCUT2D eigenvalue weighted by Gasteiger charge is -2.44. The second kappa shape index (κ2) is 9.64. The molecule has 10 rings (SSSR count). The molecule has 0 radical (unpaired) electrons. The van der Waals surface area contributed by atoms with Gasteiger partial charge in [0.2, 0.25) is 0 Å². The van der Waals surface area contributed by atoms with Gasteiger partial charge < -0.3 is 14.7 Å². The molecule has 3 aliphatic heterocycles. The van der Waals surface area contributed by atoms with Gasteiger partial charge in [0.05, 0.1) is 0 Å². The van der Waals surface area contributed by atoms with Gasteiger partial charge in [0.25, 0.3) is 6.71 Å². The molecule has 0 aromatic heterocycles. The van der Waals surface area contributed by atoms with Gasteiger partial charge in [0.1, 0.15) is 0 Å². The molecule has 3 heterocycles. The maximum atomic E-state index is 2.74. The first kappa shape index (κ1) is 25.1. The topological polar surface area (TPSA) is 9.72 Å². The SMILES string of the molecule is c1ccc(N(c2ccccc2)c2ccc3c(c2)N(c2ccccc2)c2cccc4c2B3c2cccc3c2N4C2CCCC32)cc1. The molecule has 0 spiro atoms. The smallest absolute Gasteiger partial charge is 0.252 e. The van der Waals surface area contributed by atoms with Gasteiger partial charge in [-0.05, 0) is 95.5 Å². The Kier molecular flexibility index (Phi) is 5.39. The quantitative estimate of drug-likeness (QED) is 0.194. The molecule has 214 valence electrons. The van der Waals surface area contributed by atoms with Crippen molar-refractivity contribution in [2.45, 2.75) is 31.2 Å². The second-order valence-electron chi connectivity index (χ2n) is 12.8.